The molecule has 1 N–H and O–H groups in total. The van der Waals surface area contributed by atoms with E-state index in [1.165, 1.54) is 18.6 Å². The van der Waals surface area contributed by atoms with Crippen molar-refractivity contribution in [3.63, 3.8) is 0 Å². The van der Waals surface area contributed by atoms with Crippen LogP contribution in [-0.4, -0.2) is 31.1 Å². The molecule has 0 saturated carbocycles. The molecule has 18 heavy (non-hydrogen) atoms. The standard InChI is InChI=1S/C15H25FN2/c1-4-11-18(5-2)12-10-17-13(3)14-6-8-15(16)9-7-14/h6-9,13,17H,4-5,10-12H2,1-3H3. The van der Waals surface area contributed by atoms with Gasteiger partial charge in [-0.3, -0.25) is 0 Å². The smallest absolute Gasteiger partial charge is 0.123 e. The summed E-state index contributed by atoms with van der Waals surface area (Å²) < 4.78 is 12.8. The highest BCUT2D eigenvalue weighted by Crippen LogP contribution is 2.12. The van der Waals surface area contributed by atoms with Gasteiger partial charge in [0.1, 0.15) is 5.82 Å². The van der Waals surface area contributed by atoms with Gasteiger partial charge in [-0.15, -0.1) is 0 Å². The first-order valence-corrected chi connectivity index (χ1v) is 6.88. The molecule has 0 radical (unpaired) electrons. The van der Waals surface area contributed by atoms with E-state index in [-0.39, 0.29) is 11.9 Å². The molecule has 3 heteroatoms. The molecule has 0 spiro atoms. The van der Waals surface area contributed by atoms with Gasteiger partial charge in [-0.1, -0.05) is 26.0 Å². The van der Waals surface area contributed by atoms with Gasteiger partial charge in [0.15, 0.2) is 0 Å². The van der Waals surface area contributed by atoms with Crippen molar-refractivity contribution in [2.45, 2.75) is 33.2 Å². The zero-order chi connectivity index (χ0) is 13.4. The minimum absolute atomic E-state index is 0.175. The summed E-state index contributed by atoms with van der Waals surface area (Å²) in [6, 6.07) is 6.99. The second-order valence-electron chi connectivity index (χ2n) is 4.66. The molecule has 1 rings (SSSR count). The number of rotatable bonds is 8. The number of hydrogen-bond acceptors (Lipinski definition) is 2. The van der Waals surface area contributed by atoms with Crippen LogP contribution in [0.25, 0.3) is 0 Å². The Kier molecular flexibility index (Phi) is 6.91. The zero-order valence-corrected chi connectivity index (χ0v) is 11.7. The number of nitrogens with zero attached hydrogens (tertiary/aromatic N) is 1. The first-order valence-electron chi connectivity index (χ1n) is 6.88. The lowest BCUT2D eigenvalue weighted by Gasteiger charge is -2.21. The van der Waals surface area contributed by atoms with Crippen LogP contribution in [0.3, 0.4) is 0 Å². The third-order valence-corrected chi connectivity index (χ3v) is 3.24. The van der Waals surface area contributed by atoms with Crippen molar-refractivity contribution in [2.24, 2.45) is 0 Å². The normalized spacial score (nSPS) is 12.9. The summed E-state index contributed by atoms with van der Waals surface area (Å²) in [6.07, 6.45) is 1.20. The second-order valence-corrected chi connectivity index (χ2v) is 4.66. The van der Waals surface area contributed by atoms with Crippen molar-refractivity contribution in [1.29, 1.82) is 0 Å². The molecule has 0 heterocycles. The molecule has 2 nitrogen and oxygen atoms in total. The van der Waals surface area contributed by atoms with Crippen LogP contribution < -0.4 is 5.32 Å². The molecule has 0 bridgehead atoms. The van der Waals surface area contributed by atoms with Crippen LogP contribution in [0.5, 0.6) is 0 Å². The fraction of sp³-hybridized carbons (Fsp3) is 0.600. The Bertz CT molecular complexity index is 324. The Morgan fingerprint density at radius 2 is 1.83 bits per heavy atom. The third-order valence-electron chi connectivity index (χ3n) is 3.24. The van der Waals surface area contributed by atoms with Crippen LogP contribution in [0.1, 0.15) is 38.8 Å². The number of benzene rings is 1. The molecule has 1 aromatic carbocycles. The molecule has 0 amide bonds. The van der Waals surface area contributed by atoms with Gasteiger partial charge in [-0.25, -0.2) is 4.39 Å². The number of halogens is 1. The average molecular weight is 252 g/mol. The van der Waals surface area contributed by atoms with E-state index >= 15 is 0 Å². The number of nitrogens with one attached hydrogen (secondary N) is 1. The summed E-state index contributed by atoms with van der Waals surface area (Å²) in [5.74, 6) is -0.175. The van der Waals surface area contributed by atoms with Crippen molar-refractivity contribution in [2.75, 3.05) is 26.2 Å². The molecular weight excluding hydrogens is 227 g/mol. The van der Waals surface area contributed by atoms with Crippen molar-refractivity contribution >= 4 is 0 Å². The van der Waals surface area contributed by atoms with E-state index < -0.39 is 0 Å². The van der Waals surface area contributed by atoms with Crippen LogP contribution in [0, 0.1) is 5.82 Å². The fourth-order valence-corrected chi connectivity index (χ4v) is 2.05. The van der Waals surface area contributed by atoms with Gasteiger partial charge in [0.25, 0.3) is 0 Å². The highest BCUT2D eigenvalue weighted by molar-refractivity contribution is 5.19. The Balaban J connectivity index is 2.32. The largest absolute Gasteiger partial charge is 0.309 e. The minimum Gasteiger partial charge on any atom is -0.309 e. The van der Waals surface area contributed by atoms with E-state index in [9.17, 15) is 4.39 Å². The molecular formula is C15H25FN2. The maximum absolute atomic E-state index is 12.8. The predicted molar refractivity (Wildman–Crippen MR) is 75.2 cm³/mol. The highest BCUT2D eigenvalue weighted by atomic mass is 19.1. The third kappa shape index (κ3) is 5.15. The Morgan fingerprint density at radius 1 is 1.17 bits per heavy atom. The summed E-state index contributed by atoms with van der Waals surface area (Å²) >= 11 is 0. The van der Waals surface area contributed by atoms with Crippen LogP contribution >= 0.6 is 0 Å². The van der Waals surface area contributed by atoms with Gasteiger partial charge in [0.2, 0.25) is 0 Å². The summed E-state index contributed by atoms with van der Waals surface area (Å²) in [5, 5.41) is 3.48. The molecule has 102 valence electrons. The summed E-state index contributed by atoms with van der Waals surface area (Å²) in [6.45, 7) is 10.8. The fourth-order valence-electron chi connectivity index (χ4n) is 2.05. The van der Waals surface area contributed by atoms with E-state index in [2.05, 4.69) is 31.0 Å². The summed E-state index contributed by atoms with van der Waals surface area (Å²) in [7, 11) is 0. The number of likely N-dealkylation sites (N-methyl/N-ethyl adjacent to an activating group) is 1. The summed E-state index contributed by atoms with van der Waals surface area (Å²) in [4.78, 5) is 2.43. The first kappa shape index (κ1) is 15.1. The Hall–Kier alpha value is -0.930. The second kappa shape index (κ2) is 8.22. The molecule has 0 aromatic heterocycles. The van der Waals surface area contributed by atoms with Gasteiger partial charge in [0, 0.05) is 19.1 Å². The predicted octanol–water partition coefficient (Wildman–Crippen LogP) is 3.21. The molecule has 0 fully saturated rings. The summed E-state index contributed by atoms with van der Waals surface area (Å²) in [5.41, 5.74) is 1.13. The van der Waals surface area contributed by atoms with Gasteiger partial charge in [-0.2, -0.15) is 0 Å². The van der Waals surface area contributed by atoms with Crippen molar-refractivity contribution in [1.82, 2.24) is 10.2 Å². The van der Waals surface area contributed by atoms with Gasteiger partial charge >= 0.3 is 0 Å². The van der Waals surface area contributed by atoms with E-state index in [1.54, 1.807) is 0 Å². The molecule has 1 unspecified atom stereocenters. The lowest BCUT2D eigenvalue weighted by molar-refractivity contribution is 0.284. The van der Waals surface area contributed by atoms with Crippen molar-refractivity contribution in [3.05, 3.63) is 35.6 Å². The van der Waals surface area contributed by atoms with Gasteiger partial charge < -0.3 is 10.2 Å². The molecule has 0 aliphatic heterocycles. The van der Waals surface area contributed by atoms with E-state index in [0.29, 0.717) is 0 Å². The van der Waals surface area contributed by atoms with Crippen LogP contribution in [0.4, 0.5) is 4.39 Å². The van der Waals surface area contributed by atoms with E-state index in [4.69, 9.17) is 0 Å². The molecule has 0 aliphatic rings. The zero-order valence-electron chi connectivity index (χ0n) is 11.7. The van der Waals surface area contributed by atoms with Crippen LogP contribution in [0.2, 0.25) is 0 Å². The Morgan fingerprint density at radius 3 is 2.39 bits per heavy atom. The monoisotopic (exact) mass is 252 g/mol. The Labute approximate surface area is 110 Å². The minimum atomic E-state index is -0.175. The quantitative estimate of drug-likeness (QED) is 0.764. The average Bonchev–Trinajstić information content (AvgIpc) is 2.38. The lowest BCUT2D eigenvalue weighted by Crippen LogP contribution is -2.33. The van der Waals surface area contributed by atoms with Crippen LogP contribution in [0.15, 0.2) is 24.3 Å². The van der Waals surface area contributed by atoms with E-state index in [0.717, 1.165) is 31.7 Å². The molecule has 1 atom stereocenters. The van der Waals surface area contributed by atoms with Gasteiger partial charge in [0.05, 0.1) is 0 Å². The highest BCUT2D eigenvalue weighted by Gasteiger charge is 2.05. The maximum atomic E-state index is 12.8. The molecule has 0 saturated heterocycles. The first-order chi connectivity index (χ1) is 8.67. The van der Waals surface area contributed by atoms with Gasteiger partial charge in [-0.05, 0) is 44.1 Å². The molecule has 0 aliphatic carbocycles. The van der Waals surface area contributed by atoms with Crippen molar-refractivity contribution in [3.8, 4) is 0 Å². The SMILES string of the molecule is CCCN(CC)CCNC(C)c1ccc(F)cc1. The molecule has 1 aromatic rings. The van der Waals surface area contributed by atoms with Crippen LogP contribution in [-0.2, 0) is 0 Å². The van der Waals surface area contributed by atoms with E-state index in [1.807, 2.05) is 12.1 Å². The number of hydrogen-bond donors (Lipinski definition) is 1. The lowest BCUT2D eigenvalue weighted by atomic mass is 10.1. The van der Waals surface area contributed by atoms with Crippen molar-refractivity contribution < 1.29 is 4.39 Å². The topological polar surface area (TPSA) is 15.3 Å². The maximum Gasteiger partial charge on any atom is 0.123 e.